The zero-order chi connectivity index (χ0) is 27.2. The third-order valence-corrected chi connectivity index (χ3v) is 6.88. The van der Waals surface area contributed by atoms with E-state index in [0.717, 1.165) is 17.5 Å². The molecule has 8 heteroatoms. The normalized spacial score (nSPS) is 16.1. The van der Waals surface area contributed by atoms with Crippen molar-refractivity contribution < 1.29 is 18.7 Å². The average Bonchev–Trinajstić information content (AvgIpc) is 3.66. The molecule has 0 radical (unpaired) electrons. The van der Waals surface area contributed by atoms with Gasteiger partial charge in [-0.05, 0) is 48.6 Å². The van der Waals surface area contributed by atoms with Gasteiger partial charge in [0.1, 0.15) is 11.6 Å². The second-order valence-electron chi connectivity index (χ2n) is 9.68. The SMILES string of the molecule is COCCCN(CC(=O)Nc1cc(-c2ccccc2)nn1-c1ccc(F)cc1)C(=O)C1CC1c1ccccc1. The number of halogens is 1. The lowest BCUT2D eigenvalue weighted by atomic mass is 10.1. The highest BCUT2D eigenvalue weighted by Gasteiger charge is 2.45. The highest BCUT2D eigenvalue weighted by Crippen LogP contribution is 2.48. The lowest BCUT2D eigenvalue weighted by Crippen LogP contribution is -2.40. The van der Waals surface area contributed by atoms with Gasteiger partial charge in [0.2, 0.25) is 11.8 Å². The van der Waals surface area contributed by atoms with E-state index in [1.54, 1.807) is 34.9 Å². The molecule has 1 saturated carbocycles. The molecular formula is C31H31FN4O3. The molecule has 2 amide bonds. The Kier molecular flexibility index (Phi) is 8.13. The topological polar surface area (TPSA) is 76.5 Å². The lowest BCUT2D eigenvalue weighted by Gasteiger charge is -2.22. The Balaban J connectivity index is 1.34. The largest absolute Gasteiger partial charge is 0.385 e. The standard InChI is InChI=1S/C31H31FN4O3/c1-39-18-8-17-35(31(38)27-19-26(27)22-9-4-2-5-10-22)21-30(37)33-29-20-28(23-11-6-3-7-12-23)34-36(29)25-15-13-24(32)14-16-25/h2-7,9-16,20,26-27H,8,17-19,21H2,1H3,(H,33,37). The van der Waals surface area contributed by atoms with Gasteiger partial charge in [-0.1, -0.05) is 60.7 Å². The Morgan fingerprint density at radius 3 is 2.41 bits per heavy atom. The Morgan fingerprint density at radius 2 is 1.72 bits per heavy atom. The molecule has 0 bridgehead atoms. The summed E-state index contributed by atoms with van der Waals surface area (Å²) in [5.41, 5.74) is 3.29. The number of anilines is 1. The molecule has 1 heterocycles. The molecule has 39 heavy (non-hydrogen) atoms. The van der Waals surface area contributed by atoms with Crippen molar-refractivity contribution in [3.8, 4) is 16.9 Å². The van der Waals surface area contributed by atoms with Crippen molar-refractivity contribution in [2.24, 2.45) is 5.92 Å². The van der Waals surface area contributed by atoms with E-state index in [1.165, 1.54) is 12.1 Å². The Bertz CT molecular complexity index is 1410. The average molecular weight is 527 g/mol. The maximum absolute atomic E-state index is 13.6. The van der Waals surface area contributed by atoms with E-state index >= 15 is 0 Å². The van der Waals surface area contributed by atoms with Crippen LogP contribution in [0.3, 0.4) is 0 Å². The summed E-state index contributed by atoms with van der Waals surface area (Å²) in [7, 11) is 1.62. The molecule has 0 spiro atoms. The number of carbonyl (C=O) groups excluding carboxylic acids is 2. The summed E-state index contributed by atoms with van der Waals surface area (Å²) in [4.78, 5) is 28.4. The number of hydrogen-bond donors (Lipinski definition) is 1. The first kappa shape index (κ1) is 26.3. The highest BCUT2D eigenvalue weighted by atomic mass is 19.1. The summed E-state index contributed by atoms with van der Waals surface area (Å²) in [6, 6.07) is 27.3. The summed E-state index contributed by atoms with van der Waals surface area (Å²) < 4.78 is 20.3. The van der Waals surface area contributed by atoms with Crippen molar-refractivity contribution in [2.45, 2.75) is 18.8 Å². The molecule has 0 aliphatic heterocycles. The molecule has 1 aromatic heterocycles. The number of nitrogens with zero attached hydrogens (tertiary/aromatic N) is 3. The number of hydrogen-bond acceptors (Lipinski definition) is 4. The first-order valence-electron chi connectivity index (χ1n) is 13.1. The van der Waals surface area contributed by atoms with Crippen LogP contribution in [0.4, 0.5) is 10.2 Å². The third-order valence-electron chi connectivity index (χ3n) is 6.88. The predicted octanol–water partition coefficient (Wildman–Crippen LogP) is 5.29. The van der Waals surface area contributed by atoms with Crippen LogP contribution in [0.1, 0.15) is 24.3 Å². The number of rotatable bonds is 11. The summed E-state index contributed by atoms with van der Waals surface area (Å²) in [5, 5.41) is 7.61. The van der Waals surface area contributed by atoms with E-state index in [1.807, 2.05) is 60.7 Å². The molecule has 7 nitrogen and oxygen atoms in total. The van der Waals surface area contributed by atoms with Gasteiger partial charge in [-0.3, -0.25) is 9.59 Å². The van der Waals surface area contributed by atoms with E-state index in [9.17, 15) is 14.0 Å². The number of benzene rings is 3. The van der Waals surface area contributed by atoms with Crippen molar-refractivity contribution >= 4 is 17.6 Å². The monoisotopic (exact) mass is 526 g/mol. The van der Waals surface area contributed by atoms with Gasteiger partial charge in [0.15, 0.2) is 0 Å². The molecule has 1 aliphatic rings. The molecule has 5 rings (SSSR count). The number of amides is 2. The molecule has 1 fully saturated rings. The van der Waals surface area contributed by atoms with Crippen LogP contribution in [0.15, 0.2) is 91.0 Å². The summed E-state index contributed by atoms with van der Waals surface area (Å²) in [5.74, 6) is -0.230. The Hall–Kier alpha value is -4.30. The fraction of sp³-hybridized carbons (Fsp3) is 0.258. The van der Waals surface area contributed by atoms with Crippen LogP contribution in [0.25, 0.3) is 16.9 Å². The zero-order valence-electron chi connectivity index (χ0n) is 21.8. The van der Waals surface area contributed by atoms with E-state index in [0.29, 0.717) is 36.8 Å². The number of nitrogens with one attached hydrogen (secondary N) is 1. The van der Waals surface area contributed by atoms with Gasteiger partial charge in [0, 0.05) is 37.8 Å². The minimum atomic E-state index is -0.362. The number of methoxy groups -OCH3 is 1. The molecule has 1 aliphatic carbocycles. The predicted molar refractivity (Wildman–Crippen MR) is 148 cm³/mol. The Morgan fingerprint density at radius 1 is 1.03 bits per heavy atom. The van der Waals surface area contributed by atoms with Crippen LogP contribution in [0.5, 0.6) is 0 Å². The maximum Gasteiger partial charge on any atom is 0.245 e. The zero-order valence-corrected chi connectivity index (χ0v) is 21.8. The molecule has 1 N–H and O–H groups in total. The Labute approximate surface area is 227 Å². The van der Waals surface area contributed by atoms with E-state index in [4.69, 9.17) is 4.74 Å². The van der Waals surface area contributed by atoms with Crippen LogP contribution in [-0.4, -0.2) is 53.3 Å². The molecular weight excluding hydrogens is 495 g/mol. The summed E-state index contributed by atoms with van der Waals surface area (Å²) >= 11 is 0. The molecule has 2 atom stereocenters. The molecule has 4 aromatic rings. The van der Waals surface area contributed by atoms with Gasteiger partial charge >= 0.3 is 0 Å². The number of ether oxygens (including phenoxy) is 1. The van der Waals surface area contributed by atoms with Crippen LogP contribution in [0, 0.1) is 11.7 Å². The van der Waals surface area contributed by atoms with Crippen molar-refractivity contribution in [3.63, 3.8) is 0 Å². The third kappa shape index (κ3) is 6.41. The van der Waals surface area contributed by atoms with Crippen LogP contribution < -0.4 is 5.32 Å². The minimum absolute atomic E-state index is 0.0212. The van der Waals surface area contributed by atoms with Gasteiger partial charge < -0.3 is 15.0 Å². The van der Waals surface area contributed by atoms with Crippen molar-refractivity contribution in [1.29, 1.82) is 0 Å². The summed E-state index contributed by atoms with van der Waals surface area (Å²) in [6.45, 7) is 0.830. The molecule has 2 unspecified atom stereocenters. The summed E-state index contributed by atoms with van der Waals surface area (Å²) in [6.07, 6.45) is 1.41. The quantitative estimate of drug-likeness (QED) is 0.270. The first-order valence-corrected chi connectivity index (χ1v) is 13.1. The van der Waals surface area contributed by atoms with Gasteiger partial charge in [0.05, 0.1) is 17.9 Å². The molecule has 200 valence electrons. The van der Waals surface area contributed by atoms with Crippen LogP contribution in [0.2, 0.25) is 0 Å². The highest BCUT2D eigenvalue weighted by molar-refractivity contribution is 5.95. The van der Waals surface area contributed by atoms with Gasteiger partial charge in [-0.15, -0.1) is 0 Å². The number of carbonyl (C=O) groups is 2. The smallest absolute Gasteiger partial charge is 0.245 e. The van der Waals surface area contributed by atoms with Crippen molar-refractivity contribution in [3.05, 3.63) is 102 Å². The number of aromatic nitrogens is 2. The van der Waals surface area contributed by atoms with Crippen LogP contribution >= 0.6 is 0 Å². The van der Waals surface area contributed by atoms with Crippen molar-refractivity contribution in [2.75, 3.05) is 32.1 Å². The lowest BCUT2D eigenvalue weighted by molar-refractivity contribution is -0.136. The fourth-order valence-corrected chi connectivity index (χ4v) is 4.79. The fourth-order valence-electron chi connectivity index (χ4n) is 4.79. The maximum atomic E-state index is 13.6. The van der Waals surface area contributed by atoms with Crippen molar-refractivity contribution in [1.82, 2.24) is 14.7 Å². The molecule has 3 aromatic carbocycles. The first-order chi connectivity index (χ1) is 19.0. The van der Waals surface area contributed by atoms with Gasteiger partial charge in [-0.25, -0.2) is 9.07 Å². The van der Waals surface area contributed by atoms with Gasteiger partial charge in [-0.2, -0.15) is 5.10 Å². The minimum Gasteiger partial charge on any atom is -0.385 e. The van der Waals surface area contributed by atoms with E-state index in [-0.39, 0.29) is 36.0 Å². The second kappa shape index (κ2) is 12.0. The van der Waals surface area contributed by atoms with Gasteiger partial charge in [0.25, 0.3) is 0 Å². The molecule has 0 saturated heterocycles. The van der Waals surface area contributed by atoms with E-state index < -0.39 is 0 Å². The van der Waals surface area contributed by atoms with E-state index in [2.05, 4.69) is 10.4 Å². The second-order valence-corrected chi connectivity index (χ2v) is 9.68. The van der Waals surface area contributed by atoms with Crippen LogP contribution in [-0.2, 0) is 14.3 Å².